The molecule has 0 amide bonds. The zero-order valence-corrected chi connectivity index (χ0v) is 10.8. The van der Waals surface area contributed by atoms with Crippen molar-refractivity contribution in [3.8, 4) is 5.75 Å². The van der Waals surface area contributed by atoms with Gasteiger partial charge in [0.05, 0.1) is 5.02 Å². The van der Waals surface area contributed by atoms with E-state index in [1.54, 1.807) is 24.3 Å². The molecule has 0 radical (unpaired) electrons. The van der Waals surface area contributed by atoms with Crippen LogP contribution in [0.5, 0.6) is 5.75 Å². The fraction of sp³-hybridized carbons (Fsp3) is 0.231. The van der Waals surface area contributed by atoms with Gasteiger partial charge in [-0.3, -0.25) is 4.79 Å². The first-order valence-corrected chi connectivity index (χ1v) is 5.79. The van der Waals surface area contributed by atoms with Gasteiger partial charge in [-0.05, 0) is 32.0 Å². The number of nitrogens with zero attached hydrogens (tertiary/aromatic N) is 1. The van der Waals surface area contributed by atoms with Gasteiger partial charge in [0.15, 0.2) is 5.78 Å². The molecule has 0 aliphatic heterocycles. The Morgan fingerprint density at radius 3 is 2.78 bits per heavy atom. The minimum atomic E-state index is -0.0319. The Hall–Kier alpha value is -1.81. The molecule has 2 aromatic rings. The van der Waals surface area contributed by atoms with E-state index < -0.39 is 0 Å². The van der Waals surface area contributed by atoms with Crippen molar-refractivity contribution in [2.45, 2.75) is 20.5 Å². The van der Waals surface area contributed by atoms with Crippen molar-refractivity contribution < 1.29 is 14.1 Å². The van der Waals surface area contributed by atoms with Crippen molar-refractivity contribution in [2.24, 2.45) is 0 Å². The molecular weight excluding hydrogens is 254 g/mol. The van der Waals surface area contributed by atoms with E-state index >= 15 is 0 Å². The highest BCUT2D eigenvalue weighted by molar-refractivity contribution is 6.32. The molecule has 0 atom stereocenters. The number of aromatic nitrogens is 1. The molecule has 5 heteroatoms. The number of hydrogen-bond donors (Lipinski definition) is 0. The van der Waals surface area contributed by atoms with Gasteiger partial charge < -0.3 is 9.26 Å². The smallest absolute Gasteiger partial charge is 0.159 e. The lowest BCUT2D eigenvalue weighted by atomic mass is 10.1. The standard InChI is InChI=1S/C13H12ClNO3/c1-8-5-11(15-18-8)7-17-13-4-3-10(9(2)16)6-12(13)14/h3-6H,7H2,1-2H3. The Balaban J connectivity index is 2.08. The van der Waals surface area contributed by atoms with E-state index in [2.05, 4.69) is 5.16 Å². The second kappa shape index (κ2) is 5.23. The topological polar surface area (TPSA) is 52.3 Å². The molecule has 0 aliphatic rings. The van der Waals surface area contributed by atoms with E-state index in [-0.39, 0.29) is 12.4 Å². The third-order valence-electron chi connectivity index (χ3n) is 2.39. The molecule has 0 N–H and O–H groups in total. The van der Waals surface area contributed by atoms with E-state index in [0.717, 1.165) is 5.76 Å². The summed E-state index contributed by atoms with van der Waals surface area (Å²) in [6.07, 6.45) is 0. The molecule has 0 saturated carbocycles. The van der Waals surface area contributed by atoms with Crippen molar-refractivity contribution >= 4 is 17.4 Å². The quantitative estimate of drug-likeness (QED) is 0.795. The van der Waals surface area contributed by atoms with E-state index in [4.69, 9.17) is 20.9 Å². The predicted molar refractivity (Wildman–Crippen MR) is 67.0 cm³/mol. The molecule has 0 bridgehead atoms. The van der Waals surface area contributed by atoms with Crippen LogP contribution in [0.15, 0.2) is 28.8 Å². The number of benzene rings is 1. The van der Waals surface area contributed by atoms with Crippen LogP contribution < -0.4 is 4.74 Å². The molecule has 1 heterocycles. The zero-order chi connectivity index (χ0) is 13.1. The zero-order valence-electron chi connectivity index (χ0n) is 10.1. The van der Waals surface area contributed by atoms with Gasteiger partial charge in [-0.2, -0.15) is 0 Å². The van der Waals surface area contributed by atoms with Crippen LogP contribution in [0.1, 0.15) is 28.7 Å². The molecule has 1 aromatic carbocycles. The number of ether oxygens (including phenoxy) is 1. The third kappa shape index (κ3) is 2.90. The molecule has 0 fully saturated rings. The predicted octanol–water partition coefficient (Wildman–Crippen LogP) is 3.42. The van der Waals surface area contributed by atoms with Crippen LogP contribution in [-0.4, -0.2) is 10.9 Å². The third-order valence-corrected chi connectivity index (χ3v) is 2.69. The first kappa shape index (κ1) is 12.6. The summed E-state index contributed by atoms with van der Waals surface area (Å²) in [5, 5.41) is 4.21. The number of rotatable bonds is 4. The summed E-state index contributed by atoms with van der Waals surface area (Å²) < 4.78 is 10.4. The lowest BCUT2D eigenvalue weighted by molar-refractivity contribution is 0.101. The number of hydrogen-bond acceptors (Lipinski definition) is 4. The average molecular weight is 266 g/mol. The highest BCUT2D eigenvalue weighted by Crippen LogP contribution is 2.26. The molecular formula is C13H12ClNO3. The summed E-state index contributed by atoms with van der Waals surface area (Å²) in [6, 6.07) is 6.73. The summed E-state index contributed by atoms with van der Waals surface area (Å²) in [4.78, 5) is 11.2. The Morgan fingerprint density at radius 1 is 1.44 bits per heavy atom. The number of halogens is 1. The maximum Gasteiger partial charge on any atom is 0.159 e. The first-order valence-electron chi connectivity index (χ1n) is 5.42. The van der Waals surface area contributed by atoms with E-state index in [1.165, 1.54) is 6.92 Å². The molecule has 0 unspecified atom stereocenters. The monoisotopic (exact) mass is 265 g/mol. The molecule has 2 rings (SSSR count). The summed E-state index contributed by atoms with van der Waals surface area (Å²) in [5.41, 5.74) is 1.25. The number of aryl methyl sites for hydroxylation is 1. The summed E-state index contributed by atoms with van der Waals surface area (Å²) in [7, 11) is 0. The van der Waals surface area contributed by atoms with Crippen LogP contribution in [0.4, 0.5) is 0 Å². The van der Waals surface area contributed by atoms with Crippen molar-refractivity contribution in [3.63, 3.8) is 0 Å². The van der Waals surface area contributed by atoms with Gasteiger partial charge in [-0.25, -0.2) is 0 Å². The fourth-order valence-corrected chi connectivity index (χ4v) is 1.71. The maximum absolute atomic E-state index is 11.2. The highest BCUT2D eigenvalue weighted by atomic mass is 35.5. The molecule has 18 heavy (non-hydrogen) atoms. The Bertz CT molecular complexity index is 577. The van der Waals surface area contributed by atoms with Crippen LogP contribution in [0.2, 0.25) is 5.02 Å². The normalized spacial score (nSPS) is 10.4. The van der Waals surface area contributed by atoms with Crippen molar-refractivity contribution in [2.75, 3.05) is 0 Å². The minimum absolute atomic E-state index is 0.0319. The van der Waals surface area contributed by atoms with E-state index in [0.29, 0.717) is 22.0 Å². The molecule has 0 saturated heterocycles. The van der Waals surface area contributed by atoms with Crippen molar-refractivity contribution in [1.29, 1.82) is 0 Å². The van der Waals surface area contributed by atoms with Crippen LogP contribution in [0.3, 0.4) is 0 Å². The largest absolute Gasteiger partial charge is 0.486 e. The Kier molecular flexibility index (Phi) is 3.67. The second-order valence-electron chi connectivity index (χ2n) is 3.92. The van der Waals surface area contributed by atoms with Gasteiger partial charge in [0.1, 0.15) is 23.8 Å². The summed E-state index contributed by atoms with van der Waals surface area (Å²) in [5.74, 6) is 1.21. The molecule has 94 valence electrons. The van der Waals surface area contributed by atoms with Gasteiger partial charge >= 0.3 is 0 Å². The van der Waals surface area contributed by atoms with Crippen molar-refractivity contribution in [3.05, 3.63) is 46.3 Å². The highest BCUT2D eigenvalue weighted by Gasteiger charge is 2.07. The van der Waals surface area contributed by atoms with Gasteiger partial charge in [0.2, 0.25) is 0 Å². The lowest BCUT2D eigenvalue weighted by Crippen LogP contribution is -1.98. The van der Waals surface area contributed by atoms with Crippen molar-refractivity contribution in [1.82, 2.24) is 5.16 Å². The van der Waals surface area contributed by atoms with E-state index in [9.17, 15) is 4.79 Å². The number of Topliss-reactive ketones (excluding diaryl/α,β-unsaturated/α-hetero) is 1. The summed E-state index contributed by atoms with van der Waals surface area (Å²) in [6.45, 7) is 3.58. The molecule has 1 aromatic heterocycles. The SMILES string of the molecule is CC(=O)c1ccc(OCc2cc(C)on2)c(Cl)c1. The van der Waals surface area contributed by atoms with Crippen LogP contribution >= 0.6 is 11.6 Å². The second-order valence-corrected chi connectivity index (χ2v) is 4.33. The van der Waals surface area contributed by atoms with Gasteiger partial charge in [0, 0.05) is 11.6 Å². The number of ketones is 1. The lowest BCUT2D eigenvalue weighted by Gasteiger charge is -2.06. The van der Waals surface area contributed by atoms with Crippen LogP contribution in [0.25, 0.3) is 0 Å². The molecule has 4 nitrogen and oxygen atoms in total. The maximum atomic E-state index is 11.2. The molecule has 0 aliphatic carbocycles. The first-order chi connectivity index (χ1) is 8.56. The van der Waals surface area contributed by atoms with Gasteiger partial charge in [-0.1, -0.05) is 16.8 Å². The fourth-order valence-electron chi connectivity index (χ4n) is 1.47. The van der Waals surface area contributed by atoms with Crippen LogP contribution in [-0.2, 0) is 6.61 Å². The average Bonchev–Trinajstić information content (AvgIpc) is 2.73. The van der Waals surface area contributed by atoms with Gasteiger partial charge in [-0.15, -0.1) is 0 Å². The van der Waals surface area contributed by atoms with E-state index in [1.807, 2.05) is 6.92 Å². The molecule has 0 spiro atoms. The summed E-state index contributed by atoms with van der Waals surface area (Å²) >= 11 is 6.02. The number of carbonyl (C=O) groups excluding carboxylic acids is 1. The Morgan fingerprint density at radius 2 is 2.22 bits per heavy atom. The Labute approximate surface area is 109 Å². The van der Waals surface area contributed by atoms with Gasteiger partial charge in [0.25, 0.3) is 0 Å². The van der Waals surface area contributed by atoms with Crippen LogP contribution in [0, 0.1) is 6.92 Å². The number of carbonyl (C=O) groups is 1. The minimum Gasteiger partial charge on any atom is -0.486 e.